The van der Waals surface area contributed by atoms with Crippen molar-refractivity contribution < 1.29 is 13.2 Å². The van der Waals surface area contributed by atoms with Crippen molar-refractivity contribution in [1.82, 2.24) is 0 Å². The van der Waals surface area contributed by atoms with Gasteiger partial charge in [0.05, 0.1) is 5.56 Å². The van der Waals surface area contributed by atoms with E-state index in [2.05, 4.69) is 57.2 Å². The first-order valence-corrected chi connectivity index (χ1v) is 9.18. The fraction of sp³-hybridized carbons (Fsp3) is 0.250. The molecule has 28 heavy (non-hydrogen) atoms. The molecule has 3 aromatic carbocycles. The van der Waals surface area contributed by atoms with Crippen LogP contribution in [0.3, 0.4) is 0 Å². The fourth-order valence-corrected chi connectivity index (χ4v) is 3.26. The minimum absolute atomic E-state index is 0.140. The van der Waals surface area contributed by atoms with Crippen molar-refractivity contribution >= 4 is 11.4 Å². The zero-order chi connectivity index (χ0) is 20.5. The Hall–Kier alpha value is -2.75. The lowest BCUT2D eigenvalue weighted by Crippen LogP contribution is -2.19. The lowest BCUT2D eigenvalue weighted by atomic mass is 9.78. The molecular formula is C24H24F3N. The molecule has 0 N–H and O–H groups in total. The van der Waals surface area contributed by atoms with Gasteiger partial charge in [-0.1, -0.05) is 55.8 Å². The number of hydrogen-bond donors (Lipinski definition) is 0. The maximum Gasteiger partial charge on any atom is 0.416 e. The highest BCUT2D eigenvalue weighted by Gasteiger charge is 2.30. The Labute approximate surface area is 164 Å². The number of nitrogens with zero attached hydrogens (tertiary/aromatic N) is 1. The van der Waals surface area contributed by atoms with Crippen LogP contribution >= 0.6 is 0 Å². The summed E-state index contributed by atoms with van der Waals surface area (Å²) in [6.07, 6.45) is -4.32. The zero-order valence-electron chi connectivity index (χ0n) is 16.5. The molecule has 0 spiro atoms. The number of benzene rings is 3. The summed E-state index contributed by atoms with van der Waals surface area (Å²) in [5.41, 5.74) is 4.50. The molecule has 0 fully saturated rings. The predicted octanol–water partition coefficient (Wildman–Crippen LogP) is 7.11. The van der Waals surface area contributed by atoms with E-state index >= 15 is 0 Å². The highest BCUT2D eigenvalue weighted by atomic mass is 19.4. The van der Waals surface area contributed by atoms with Crippen LogP contribution in [-0.2, 0) is 11.6 Å². The molecule has 0 aromatic heterocycles. The summed E-state index contributed by atoms with van der Waals surface area (Å²) in [4.78, 5) is 1.88. The minimum atomic E-state index is -4.32. The molecule has 0 atom stereocenters. The van der Waals surface area contributed by atoms with Crippen LogP contribution < -0.4 is 4.90 Å². The SMILES string of the molecule is Cc1ccc(C(C)(C)c2ccc(N(C)c3ccc(C(F)(F)F)cc3)cc2)cc1. The van der Waals surface area contributed by atoms with Crippen LogP contribution in [0.4, 0.5) is 24.5 Å². The molecule has 4 heteroatoms. The van der Waals surface area contributed by atoms with E-state index in [1.54, 1.807) is 0 Å². The number of rotatable bonds is 4. The quantitative estimate of drug-likeness (QED) is 0.464. The first kappa shape index (κ1) is 20.0. The van der Waals surface area contributed by atoms with Gasteiger partial charge in [0.25, 0.3) is 0 Å². The smallest absolute Gasteiger partial charge is 0.345 e. The van der Waals surface area contributed by atoms with Gasteiger partial charge < -0.3 is 4.90 Å². The molecule has 0 bridgehead atoms. The Balaban J connectivity index is 1.82. The first-order valence-electron chi connectivity index (χ1n) is 9.18. The van der Waals surface area contributed by atoms with E-state index in [0.29, 0.717) is 5.69 Å². The molecule has 0 aliphatic carbocycles. The van der Waals surface area contributed by atoms with Gasteiger partial charge >= 0.3 is 6.18 Å². The van der Waals surface area contributed by atoms with Gasteiger partial charge in [-0.25, -0.2) is 0 Å². The second-order valence-electron chi connectivity index (χ2n) is 7.64. The lowest BCUT2D eigenvalue weighted by Gasteiger charge is -2.27. The van der Waals surface area contributed by atoms with Crippen molar-refractivity contribution in [3.05, 3.63) is 95.1 Å². The van der Waals surface area contributed by atoms with Crippen LogP contribution in [0.5, 0.6) is 0 Å². The second-order valence-corrected chi connectivity index (χ2v) is 7.64. The van der Waals surface area contributed by atoms with Crippen molar-refractivity contribution in [2.75, 3.05) is 11.9 Å². The van der Waals surface area contributed by atoms with Crippen LogP contribution in [-0.4, -0.2) is 7.05 Å². The average Bonchev–Trinajstić information content (AvgIpc) is 2.67. The number of anilines is 2. The number of alkyl halides is 3. The summed E-state index contributed by atoms with van der Waals surface area (Å²) in [7, 11) is 1.85. The Morgan fingerprint density at radius 3 is 1.36 bits per heavy atom. The third kappa shape index (κ3) is 4.06. The maximum atomic E-state index is 12.7. The van der Waals surface area contributed by atoms with Crippen molar-refractivity contribution in [3.63, 3.8) is 0 Å². The molecule has 3 aromatic rings. The second kappa shape index (κ2) is 7.34. The van der Waals surface area contributed by atoms with Crippen molar-refractivity contribution in [2.45, 2.75) is 32.4 Å². The molecule has 0 radical (unpaired) electrons. The van der Waals surface area contributed by atoms with E-state index in [1.807, 2.05) is 24.1 Å². The zero-order valence-corrected chi connectivity index (χ0v) is 16.5. The van der Waals surface area contributed by atoms with Crippen LogP contribution in [0.15, 0.2) is 72.8 Å². The Morgan fingerprint density at radius 1 is 0.607 bits per heavy atom. The van der Waals surface area contributed by atoms with Gasteiger partial charge in [0.15, 0.2) is 0 Å². The van der Waals surface area contributed by atoms with Crippen LogP contribution in [0.2, 0.25) is 0 Å². The fourth-order valence-electron chi connectivity index (χ4n) is 3.26. The van der Waals surface area contributed by atoms with Crippen molar-refractivity contribution in [3.8, 4) is 0 Å². The van der Waals surface area contributed by atoms with Crippen molar-refractivity contribution in [2.24, 2.45) is 0 Å². The summed E-state index contributed by atoms with van der Waals surface area (Å²) < 4.78 is 38.2. The molecule has 0 saturated carbocycles. The molecule has 0 unspecified atom stereocenters. The summed E-state index contributed by atoms with van der Waals surface area (Å²) in [5, 5.41) is 0. The molecular weight excluding hydrogens is 359 g/mol. The predicted molar refractivity (Wildman–Crippen MR) is 109 cm³/mol. The summed E-state index contributed by atoms with van der Waals surface area (Å²) >= 11 is 0. The van der Waals surface area contributed by atoms with Crippen LogP contribution in [0.25, 0.3) is 0 Å². The molecule has 146 valence electrons. The first-order chi connectivity index (χ1) is 13.1. The van der Waals surface area contributed by atoms with Crippen LogP contribution in [0, 0.1) is 6.92 Å². The average molecular weight is 383 g/mol. The molecule has 0 amide bonds. The molecule has 0 aliphatic rings. The van der Waals surface area contributed by atoms with E-state index in [0.717, 1.165) is 17.8 Å². The van der Waals surface area contributed by atoms with Crippen LogP contribution in [0.1, 0.15) is 36.1 Å². The third-order valence-corrected chi connectivity index (χ3v) is 5.33. The van der Waals surface area contributed by atoms with E-state index in [-0.39, 0.29) is 5.41 Å². The monoisotopic (exact) mass is 383 g/mol. The molecule has 0 aliphatic heterocycles. The topological polar surface area (TPSA) is 3.24 Å². The van der Waals surface area contributed by atoms with Gasteiger partial charge in [0, 0.05) is 23.8 Å². The Kier molecular flexibility index (Phi) is 5.24. The number of aryl methyl sites for hydroxylation is 1. The maximum absolute atomic E-state index is 12.7. The number of halogens is 3. The van der Waals surface area contributed by atoms with E-state index in [9.17, 15) is 13.2 Å². The van der Waals surface area contributed by atoms with Crippen molar-refractivity contribution in [1.29, 1.82) is 0 Å². The molecule has 0 saturated heterocycles. The molecule has 3 rings (SSSR count). The molecule has 1 nitrogen and oxygen atoms in total. The summed E-state index contributed by atoms with van der Waals surface area (Å²) in [5.74, 6) is 0. The van der Waals surface area contributed by atoms with Gasteiger partial charge in [-0.2, -0.15) is 13.2 Å². The van der Waals surface area contributed by atoms with Gasteiger partial charge in [-0.15, -0.1) is 0 Å². The third-order valence-electron chi connectivity index (χ3n) is 5.33. The largest absolute Gasteiger partial charge is 0.416 e. The molecule has 0 heterocycles. The normalized spacial score (nSPS) is 12.1. The van der Waals surface area contributed by atoms with Gasteiger partial charge in [0.2, 0.25) is 0 Å². The lowest BCUT2D eigenvalue weighted by molar-refractivity contribution is -0.137. The highest BCUT2D eigenvalue weighted by Crippen LogP contribution is 2.34. The van der Waals surface area contributed by atoms with E-state index in [4.69, 9.17) is 0 Å². The van der Waals surface area contributed by atoms with Gasteiger partial charge in [-0.05, 0) is 54.4 Å². The van der Waals surface area contributed by atoms with Gasteiger partial charge in [0.1, 0.15) is 0 Å². The highest BCUT2D eigenvalue weighted by molar-refractivity contribution is 5.63. The van der Waals surface area contributed by atoms with E-state index < -0.39 is 11.7 Å². The van der Waals surface area contributed by atoms with E-state index in [1.165, 1.54) is 28.8 Å². The summed E-state index contributed by atoms with van der Waals surface area (Å²) in [6, 6.07) is 21.9. The van der Waals surface area contributed by atoms with Gasteiger partial charge in [-0.3, -0.25) is 0 Å². The minimum Gasteiger partial charge on any atom is -0.345 e. The Bertz CT molecular complexity index is 922. The Morgan fingerprint density at radius 2 is 0.964 bits per heavy atom. The number of hydrogen-bond acceptors (Lipinski definition) is 1. The summed E-state index contributed by atoms with van der Waals surface area (Å²) in [6.45, 7) is 6.45. The standard InChI is InChI=1S/C24H24F3N/c1-17-5-7-18(8-6-17)23(2,3)19-9-13-21(14-10-19)28(4)22-15-11-20(12-16-22)24(25,26)27/h5-16H,1-4H3.